The highest BCUT2D eigenvalue weighted by Crippen LogP contribution is 2.44. The van der Waals surface area contributed by atoms with Crippen molar-refractivity contribution in [1.29, 1.82) is 0 Å². The lowest BCUT2D eigenvalue weighted by Crippen LogP contribution is -2.44. The number of hydrogen-bond donors (Lipinski definition) is 3. The van der Waals surface area contributed by atoms with Crippen molar-refractivity contribution < 1.29 is 38.2 Å². The number of amides is 3. The SMILES string of the molecule is C[C@@H](CCCCNC(=O)CC[C@H](NC(=O)CCCCCCCCCCCCCCCCC(=O)OC(C)(C)C)C(=O)OC(C)(C)C)NC(=O)OCC1c2ccccc2-c2ccccc21. The third-order valence-corrected chi connectivity index (χ3v) is 11.2. The van der Waals surface area contributed by atoms with Crippen LogP contribution in [0.25, 0.3) is 11.1 Å². The van der Waals surface area contributed by atoms with Crippen molar-refractivity contribution in [3.05, 3.63) is 59.7 Å². The smallest absolute Gasteiger partial charge is 0.407 e. The number of carbonyl (C=O) groups is 5. The molecule has 3 rings (SSSR count). The molecule has 2 atom stereocenters. The van der Waals surface area contributed by atoms with Gasteiger partial charge in [0.2, 0.25) is 11.8 Å². The summed E-state index contributed by atoms with van der Waals surface area (Å²) >= 11 is 0. The van der Waals surface area contributed by atoms with Gasteiger partial charge in [-0.15, -0.1) is 0 Å². The van der Waals surface area contributed by atoms with Crippen molar-refractivity contribution in [2.45, 2.75) is 213 Å². The van der Waals surface area contributed by atoms with Gasteiger partial charge in [-0.2, -0.15) is 0 Å². The highest BCUT2D eigenvalue weighted by Gasteiger charge is 2.30. The fourth-order valence-corrected chi connectivity index (χ4v) is 8.04. The summed E-state index contributed by atoms with van der Waals surface area (Å²) in [6.07, 6.45) is 18.8. The van der Waals surface area contributed by atoms with Gasteiger partial charge in [0.25, 0.3) is 0 Å². The van der Waals surface area contributed by atoms with Gasteiger partial charge >= 0.3 is 18.0 Å². The minimum absolute atomic E-state index is 0.00769. The number of benzene rings is 2. The van der Waals surface area contributed by atoms with Gasteiger partial charge in [0.1, 0.15) is 23.9 Å². The first kappa shape index (κ1) is 52.9. The predicted octanol–water partition coefficient (Wildman–Crippen LogP) is 11.4. The molecule has 0 saturated heterocycles. The van der Waals surface area contributed by atoms with Crippen molar-refractivity contribution in [2.24, 2.45) is 0 Å². The fourth-order valence-electron chi connectivity index (χ4n) is 8.04. The van der Waals surface area contributed by atoms with E-state index < -0.39 is 29.3 Å². The van der Waals surface area contributed by atoms with E-state index in [-0.39, 0.29) is 49.2 Å². The van der Waals surface area contributed by atoms with Gasteiger partial charge < -0.3 is 30.2 Å². The summed E-state index contributed by atoms with van der Waals surface area (Å²) in [7, 11) is 0. The van der Waals surface area contributed by atoms with Gasteiger partial charge in [-0.1, -0.05) is 126 Å². The Morgan fingerprint density at radius 2 is 1.05 bits per heavy atom. The van der Waals surface area contributed by atoms with E-state index >= 15 is 0 Å². The first-order valence-electron chi connectivity index (χ1n) is 24.1. The van der Waals surface area contributed by atoms with E-state index in [2.05, 4.69) is 40.2 Å². The number of fused-ring (bicyclic) bond motifs is 3. The van der Waals surface area contributed by atoms with E-state index in [0.717, 1.165) is 57.8 Å². The van der Waals surface area contributed by atoms with Gasteiger partial charge in [0.05, 0.1) is 0 Å². The summed E-state index contributed by atoms with van der Waals surface area (Å²) < 4.78 is 16.6. The molecule has 0 spiro atoms. The normalized spacial score (nSPS) is 13.3. The number of carbonyl (C=O) groups excluding carboxylic acids is 5. The molecule has 63 heavy (non-hydrogen) atoms. The predicted molar refractivity (Wildman–Crippen MR) is 251 cm³/mol. The van der Waals surface area contributed by atoms with Crippen LogP contribution in [0.2, 0.25) is 0 Å². The first-order chi connectivity index (χ1) is 30.0. The second-order valence-electron chi connectivity index (χ2n) is 19.4. The highest BCUT2D eigenvalue weighted by atomic mass is 16.6. The Morgan fingerprint density at radius 3 is 1.57 bits per heavy atom. The van der Waals surface area contributed by atoms with Crippen molar-refractivity contribution in [1.82, 2.24) is 16.0 Å². The Bertz CT molecular complexity index is 1650. The second-order valence-corrected chi connectivity index (χ2v) is 19.4. The molecule has 0 fully saturated rings. The molecule has 2 aromatic rings. The van der Waals surface area contributed by atoms with Crippen LogP contribution in [0.4, 0.5) is 4.79 Å². The Balaban J connectivity index is 1.20. The summed E-state index contributed by atoms with van der Waals surface area (Å²) in [6, 6.07) is 15.5. The third kappa shape index (κ3) is 22.7. The van der Waals surface area contributed by atoms with Crippen LogP contribution < -0.4 is 16.0 Å². The summed E-state index contributed by atoms with van der Waals surface area (Å²) in [5.41, 5.74) is 3.60. The molecule has 0 saturated carbocycles. The molecule has 3 amide bonds. The summed E-state index contributed by atoms with van der Waals surface area (Å²) in [5, 5.41) is 8.70. The molecule has 0 radical (unpaired) electrons. The number of unbranched alkanes of at least 4 members (excludes halogenated alkanes) is 14. The monoisotopic (exact) mass is 876 g/mol. The number of alkyl carbamates (subject to hydrolysis) is 1. The molecular weight excluding hydrogens is 795 g/mol. The molecule has 0 bridgehead atoms. The van der Waals surface area contributed by atoms with E-state index in [4.69, 9.17) is 14.2 Å². The summed E-state index contributed by atoms with van der Waals surface area (Å²) in [6.45, 7) is 13.7. The molecule has 0 aromatic heterocycles. The molecule has 3 N–H and O–H groups in total. The van der Waals surface area contributed by atoms with Gasteiger partial charge in [-0.3, -0.25) is 14.4 Å². The maximum Gasteiger partial charge on any atom is 0.407 e. The van der Waals surface area contributed by atoms with Crippen LogP contribution in [0.15, 0.2) is 48.5 Å². The highest BCUT2D eigenvalue weighted by molar-refractivity contribution is 5.85. The standard InChI is InChI=1S/C52H81N3O8/c1-39(54-50(60)61-38-44-42-31-24-22-29-40(42)41-30-23-25-32-43(41)44)28-26-27-37-53-46(56)36-35-45(49(59)63-52(5,6)7)55-47(57)33-20-18-16-14-12-10-8-9-11-13-15-17-19-21-34-48(58)62-51(2,3)4/h22-25,29-32,39,44-45H,8-21,26-28,33-38H2,1-7H3,(H,53,56)(H,54,60)(H,55,57)/t39-,45-/m0/s1. The lowest BCUT2D eigenvalue weighted by molar-refractivity contribution is -0.159. The van der Waals surface area contributed by atoms with Gasteiger partial charge in [0, 0.05) is 37.8 Å². The molecule has 2 aromatic carbocycles. The van der Waals surface area contributed by atoms with Crippen LogP contribution in [0.5, 0.6) is 0 Å². The third-order valence-electron chi connectivity index (χ3n) is 11.2. The maximum atomic E-state index is 13.0. The minimum Gasteiger partial charge on any atom is -0.460 e. The minimum atomic E-state index is -0.892. The molecular formula is C52H81N3O8. The molecule has 0 heterocycles. The maximum absolute atomic E-state index is 13.0. The topological polar surface area (TPSA) is 149 Å². The number of ether oxygens (including phenoxy) is 3. The van der Waals surface area contributed by atoms with Crippen molar-refractivity contribution in [3.63, 3.8) is 0 Å². The van der Waals surface area contributed by atoms with Gasteiger partial charge in [-0.25, -0.2) is 9.59 Å². The average molecular weight is 876 g/mol. The zero-order valence-electron chi connectivity index (χ0n) is 39.9. The van der Waals surface area contributed by atoms with E-state index in [9.17, 15) is 24.0 Å². The fraction of sp³-hybridized carbons (Fsp3) is 0.673. The zero-order valence-corrected chi connectivity index (χ0v) is 39.9. The Kier molecular flexibility index (Phi) is 23.9. The van der Waals surface area contributed by atoms with E-state index in [1.165, 1.54) is 73.6 Å². The van der Waals surface area contributed by atoms with Crippen molar-refractivity contribution >= 4 is 29.8 Å². The van der Waals surface area contributed by atoms with Crippen molar-refractivity contribution in [3.8, 4) is 11.1 Å². The average Bonchev–Trinajstić information content (AvgIpc) is 3.53. The quantitative estimate of drug-likeness (QED) is 0.0399. The van der Waals surface area contributed by atoms with Crippen LogP contribution in [-0.2, 0) is 33.4 Å². The van der Waals surface area contributed by atoms with Crippen molar-refractivity contribution in [2.75, 3.05) is 13.2 Å². The van der Waals surface area contributed by atoms with Crippen LogP contribution in [0, 0.1) is 0 Å². The molecule has 352 valence electrons. The molecule has 11 heteroatoms. The molecule has 0 unspecified atom stereocenters. The van der Waals surface area contributed by atoms with E-state index in [1.54, 1.807) is 20.8 Å². The largest absolute Gasteiger partial charge is 0.460 e. The summed E-state index contributed by atoms with van der Waals surface area (Å²) in [4.78, 5) is 63.0. The molecule has 1 aliphatic carbocycles. The Morgan fingerprint density at radius 1 is 0.556 bits per heavy atom. The lowest BCUT2D eigenvalue weighted by Gasteiger charge is -2.24. The second kappa shape index (κ2) is 28.4. The van der Waals surface area contributed by atoms with Crippen LogP contribution in [-0.4, -0.2) is 66.3 Å². The Hall–Kier alpha value is -4.41. The number of rotatable bonds is 30. The molecule has 11 nitrogen and oxygen atoms in total. The number of hydrogen-bond acceptors (Lipinski definition) is 8. The molecule has 0 aliphatic heterocycles. The lowest BCUT2D eigenvalue weighted by atomic mass is 9.98. The van der Waals surface area contributed by atoms with Gasteiger partial charge in [-0.05, 0) is 109 Å². The number of nitrogens with one attached hydrogen (secondary N) is 3. The summed E-state index contributed by atoms with van der Waals surface area (Å²) in [5.74, 6) is -1.00. The Labute approximate surface area is 379 Å². The van der Waals surface area contributed by atoms with E-state index in [0.29, 0.717) is 19.4 Å². The first-order valence-corrected chi connectivity index (χ1v) is 24.1. The van der Waals surface area contributed by atoms with Crippen LogP contribution in [0.3, 0.4) is 0 Å². The van der Waals surface area contributed by atoms with Crippen LogP contribution >= 0.6 is 0 Å². The number of esters is 2. The molecule has 1 aliphatic rings. The van der Waals surface area contributed by atoms with Gasteiger partial charge in [0.15, 0.2) is 0 Å². The van der Waals surface area contributed by atoms with E-state index in [1.807, 2.05) is 52.0 Å². The van der Waals surface area contributed by atoms with Crippen LogP contribution in [0.1, 0.15) is 200 Å². The zero-order chi connectivity index (χ0) is 46.1.